The number of hydrogen-bond acceptors (Lipinski definition) is 7. The lowest BCUT2D eigenvalue weighted by atomic mass is 10.1. The molecule has 8 nitrogen and oxygen atoms in total. The van der Waals surface area contributed by atoms with Crippen LogP contribution in [0.1, 0.15) is 23.2 Å². The molecule has 2 aliphatic heterocycles. The summed E-state index contributed by atoms with van der Waals surface area (Å²) in [4.78, 5) is 17.7. The topological polar surface area (TPSA) is 91.5 Å². The number of carbonyl (C=O) groups is 1. The number of hydrogen-bond donors (Lipinski definition) is 1. The van der Waals surface area contributed by atoms with Crippen molar-refractivity contribution in [2.24, 2.45) is 4.99 Å². The fraction of sp³-hybridized carbons (Fsp3) is 0.333. The third-order valence-corrected chi connectivity index (χ3v) is 5.47. The zero-order chi connectivity index (χ0) is 21.9. The Kier molecular flexibility index (Phi) is 5.68. The van der Waals surface area contributed by atoms with Gasteiger partial charge in [0.05, 0.1) is 18.9 Å². The third kappa shape index (κ3) is 4.13. The molecule has 0 bridgehead atoms. The van der Waals surface area contributed by atoms with E-state index in [1.807, 2.05) is 12.1 Å². The number of methoxy groups -OCH3 is 1. The van der Waals surface area contributed by atoms with Gasteiger partial charge in [0.25, 0.3) is 5.91 Å². The van der Waals surface area contributed by atoms with E-state index in [0.717, 1.165) is 24.8 Å². The van der Waals surface area contributed by atoms with E-state index in [-0.39, 0.29) is 17.6 Å². The average Bonchev–Trinajstić information content (AvgIpc) is 3.35. The van der Waals surface area contributed by atoms with Gasteiger partial charge in [0.15, 0.2) is 22.8 Å². The molecule has 1 N–H and O–H groups in total. The largest absolute Gasteiger partial charge is 0.493 e. The Balaban J connectivity index is 1.57. The SMILES string of the molecule is COc1cccc2cc(C(=O)NCC3CCCO3)c(=Nc3ccc4c(c3)OCCO4)oc12. The van der Waals surface area contributed by atoms with Crippen LogP contribution in [0.15, 0.2) is 51.9 Å². The summed E-state index contributed by atoms with van der Waals surface area (Å²) in [7, 11) is 1.57. The minimum Gasteiger partial charge on any atom is -0.493 e. The maximum atomic E-state index is 13.1. The van der Waals surface area contributed by atoms with Gasteiger partial charge in [0.1, 0.15) is 18.8 Å². The quantitative estimate of drug-likeness (QED) is 0.660. The summed E-state index contributed by atoms with van der Waals surface area (Å²) >= 11 is 0. The van der Waals surface area contributed by atoms with Crippen molar-refractivity contribution < 1.29 is 28.2 Å². The zero-order valence-corrected chi connectivity index (χ0v) is 17.8. The Morgan fingerprint density at radius 2 is 2.00 bits per heavy atom. The number of rotatable bonds is 5. The summed E-state index contributed by atoms with van der Waals surface area (Å²) in [5.74, 6) is 1.57. The van der Waals surface area contributed by atoms with Crippen molar-refractivity contribution >= 4 is 22.6 Å². The highest BCUT2D eigenvalue weighted by Crippen LogP contribution is 2.33. The molecule has 1 saturated heterocycles. The van der Waals surface area contributed by atoms with Crippen LogP contribution in [0.4, 0.5) is 5.69 Å². The number of fused-ring (bicyclic) bond motifs is 2. The molecule has 0 saturated carbocycles. The third-order valence-electron chi connectivity index (χ3n) is 5.47. The van der Waals surface area contributed by atoms with E-state index in [4.69, 9.17) is 23.4 Å². The van der Waals surface area contributed by atoms with Gasteiger partial charge in [-0.15, -0.1) is 0 Å². The first-order chi connectivity index (χ1) is 15.7. The van der Waals surface area contributed by atoms with Crippen LogP contribution in [0.5, 0.6) is 17.2 Å². The molecule has 0 radical (unpaired) electrons. The molecular weight excluding hydrogens is 412 g/mol. The van der Waals surface area contributed by atoms with Crippen molar-refractivity contribution in [1.82, 2.24) is 5.32 Å². The molecule has 1 amide bonds. The lowest BCUT2D eigenvalue weighted by Gasteiger charge is -2.18. The van der Waals surface area contributed by atoms with E-state index in [9.17, 15) is 4.79 Å². The number of benzene rings is 2. The number of carbonyl (C=O) groups excluding carboxylic acids is 1. The van der Waals surface area contributed by atoms with Crippen molar-refractivity contribution in [1.29, 1.82) is 0 Å². The minimum absolute atomic E-state index is 0.0367. The van der Waals surface area contributed by atoms with E-state index >= 15 is 0 Å². The van der Waals surface area contributed by atoms with Gasteiger partial charge in [-0.05, 0) is 37.1 Å². The number of nitrogens with one attached hydrogen (secondary N) is 1. The molecule has 1 unspecified atom stereocenters. The summed E-state index contributed by atoms with van der Waals surface area (Å²) in [6.45, 7) is 2.16. The molecule has 5 rings (SSSR count). The number of para-hydroxylation sites is 1. The lowest BCUT2D eigenvalue weighted by Crippen LogP contribution is -2.34. The Hall–Kier alpha value is -3.52. The van der Waals surface area contributed by atoms with Crippen molar-refractivity contribution in [2.45, 2.75) is 18.9 Å². The van der Waals surface area contributed by atoms with Crippen LogP contribution < -0.4 is 25.1 Å². The molecule has 0 spiro atoms. The second-order valence-corrected chi connectivity index (χ2v) is 7.63. The van der Waals surface area contributed by atoms with Crippen LogP contribution in [-0.2, 0) is 4.74 Å². The van der Waals surface area contributed by atoms with Gasteiger partial charge in [-0.3, -0.25) is 4.79 Å². The maximum absolute atomic E-state index is 13.1. The van der Waals surface area contributed by atoms with Crippen LogP contribution >= 0.6 is 0 Å². The van der Waals surface area contributed by atoms with Crippen LogP contribution in [-0.4, -0.2) is 45.5 Å². The monoisotopic (exact) mass is 436 g/mol. The molecule has 166 valence electrons. The first-order valence-corrected chi connectivity index (χ1v) is 10.7. The van der Waals surface area contributed by atoms with Gasteiger partial charge in [0.2, 0.25) is 5.55 Å². The van der Waals surface area contributed by atoms with Gasteiger partial charge >= 0.3 is 0 Å². The van der Waals surface area contributed by atoms with Crippen molar-refractivity contribution in [2.75, 3.05) is 33.5 Å². The van der Waals surface area contributed by atoms with E-state index < -0.39 is 0 Å². The summed E-state index contributed by atoms with van der Waals surface area (Å²) in [5, 5.41) is 3.69. The molecule has 1 fully saturated rings. The molecule has 2 aromatic carbocycles. The van der Waals surface area contributed by atoms with Gasteiger partial charge < -0.3 is 28.7 Å². The van der Waals surface area contributed by atoms with Gasteiger partial charge in [-0.2, -0.15) is 0 Å². The van der Waals surface area contributed by atoms with E-state index in [1.54, 1.807) is 37.4 Å². The highest BCUT2D eigenvalue weighted by Gasteiger charge is 2.19. The van der Waals surface area contributed by atoms with Gasteiger partial charge in [-0.1, -0.05) is 12.1 Å². The highest BCUT2D eigenvalue weighted by molar-refractivity contribution is 5.97. The van der Waals surface area contributed by atoms with E-state index in [1.165, 1.54) is 0 Å². The summed E-state index contributed by atoms with van der Waals surface area (Å²) in [5.41, 5.74) is 1.62. The van der Waals surface area contributed by atoms with Gasteiger partial charge in [0, 0.05) is 24.6 Å². The standard InChI is InChI=1S/C24H24N2O6/c1-28-20-6-2-4-15-12-18(23(27)25-14-17-5-3-9-29-17)24(32-22(15)20)26-16-7-8-19-21(13-16)31-11-10-30-19/h2,4,6-8,12-13,17H,3,5,9-11,14H2,1H3,(H,25,27). The van der Waals surface area contributed by atoms with Crippen LogP contribution in [0.3, 0.4) is 0 Å². The normalized spacial score (nSPS) is 18.0. The second kappa shape index (κ2) is 8.92. The Morgan fingerprint density at radius 1 is 1.12 bits per heavy atom. The fourth-order valence-corrected chi connectivity index (χ4v) is 3.86. The zero-order valence-electron chi connectivity index (χ0n) is 17.8. The van der Waals surface area contributed by atoms with E-state index in [0.29, 0.717) is 53.8 Å². The van der Waals surface area contributed by atoms with Crippen molar-refractivity contribution in [3.05, 3.63) is 53.6 Å². The molecule has 1 aromatic heterocycles. The van der Waals surface area contributed by atoms with Crippen molar-refractivity contribution in [3.63, 3.8) is 0 Å². The smallest absolute Gasteiger partial charge is 0.256 e. The Morgan fingerprint density at radius 3 is 2.81 bits per heavy atom. The first kappa shape index (κ1) is 20.4. The summed E-state index contributed by atoms with van der Waals surface area (Å²) in [6.07, 6.45) is 1.99. The van der Waals surface area contributed by atoms with Gasteiger partial charge in [-0.25, -0.2) is 4.99 Å². The second-order valence-electron chi connectivity index (χ2n) is 7.63. The Labute approximate surface area is 184 Å². The van der Waals surface area contributed by atoms with Crippen LogP contribution in [0.25, 0.3) is 11.0 Å². The van der Waals surface area contributed by atoms with Crippen LogP contribution in [0.2, 0.25) is 0 Å². The van der Waals surface area contributed by atoms with Crippen LogP contribution in [0, 0.1) is 0 Å². The number of nitrogens with zero attached hydrogens (tertiary/aromatic N) is 1. The predicted octanol–water partition coefficient (Wildman–Crippen LogP) is 3.35. The molecule has 0 aliphatic carbocycles. The summed E-state index contributed by atoms with van der Waals surface area (Å²) < 4.78 is 28.4. The molecule has 2 aliphatic rings. The van der Waals surface area contributed by atoms with E-state index in [2.05, 4.69) is 10.3 Å². The molecule has 1 atom stereocenters. The molecular formula is C24H24N2O6. The average molecular weight is 436 g/mol. The minimum atomic E-state index is -0.273. The predicted molar refractivity (Wildman–Crippen MR) is 117 cm³/mol. The Bertz CT molecular complexity index is 1210. The molecule has 3 heterocycles. The first-order valence-electron chi connectivity index (χ1n) is 10.7. The summed E-state index contributed by atoms with van der Waals surface area (Å²) in [6, 6.07) is 12.6. The molecule has 8 heteroatoms. The lowest BCUT2D eigenvalue weighted by molar-refractivity contribution is 0.0854. The number of ether oxygens (including phenoxy) is 4. The highest BCUT2D eigenvalue weighted by atomic mass is 16.6. The number of amides is 1. The fourth-order valence-electron chi connectivity index (χ4n) is 3.86. The maximum Gasteiger partial charge on any atom is 0.256 e. The molecule has 32 heavy (non-hydrogen) atoms. The molecule has 3 aromatic rings. The van der Waals surface area contributed by atoms with Crippen molar-refractivity contribution in [3.8, 4) is 17.2 Å².